The molecule has 6 heteroatoms. The van der Waals surface area contributed by atoms with Crippen molar-refractivity contribution in [3.05, 3.63) is 40.6 Å². The van der Waals surface area contributed by atoms with Gasteiger partial charge in [0.15, 0.2) is 0 Å². The van der Waals surface area contributed by atoms with Crippen LogP contribution in [0.25, 0.3) is 0 Å². The van der Waals surface area contributed by atoms with Gasteiger partial charge in [0.1, 0.15) is 11.6 Å². The molecule has 19 heavy (non-hydrogen) atoms. The van der Waals surface area contributed by atoms with Crippen LogP contribution >= 0.6 is 0 Å². The topological polar surface area (TPSA) is 71.9 Å². The fourth-order valence-electron chi connectivity index (χ4n) is 1.74. The van der Waals surface area contributed by atoms with Crippen molar-refractivity contribution in [1.29, 1.82) is 0 Å². The Balaban J connectivity index is 1.97. The quantitative estimate of drug-likeness (QED) is 0.829. The molecule has 6 nitrogen and oxygen atoms in total. The van der Waals surface area contributed by atoms with E-state index in [1.807, 2.05) is 31.2 Å². The lowest BCUT2D eigenvalue weighted by Crippen LogP contribution is -2.17. The third-order valence-corrected chi connectivity index (χ3v) is 2.71. The van der Waals surface area contributed by atoms with Crippen LogP contribution in [0.5, 0.6) is 5.75 Å². The van der Waals surface area contributed by atoms with E-state index in [0.29, 0.717) is 18.9 Å². The van der Waals surface area contributed by atoms with Gasteiger partial charge in [0, 0.05) is 12.2 Å². The van der Waals surface area contributed by atoms with Gasteiger partial charge in [-0.15, -0.1) is 0 Å². The van der Waals surface area contributed by atoms with E-state index in [1.165, 1.54) is 4.68 Å². The minimum absolute atomic E-state index is 0.159. The number of hydrogen-bond donors (Lipinski definition) is 2. The first-order valence-electron chi connectivity index (χ1n) is 6.27. The molecular formula is C13H18N4O2. The molecular weight excluding hydrogens is 244 g/mol. The van der Waals surface area contributed by atoms with E-state index >= 15 is 0 Å². The lowest BCUT2D eigenvalue weighted by atomic mass is 10.3. The Bertz CT molecular complexity index is 571. The summed E-state index contributed by atoms with van der Waals surface area (Å²) in [6, 6.07) is 7.58. The van der Waals surface area contributed by atoms with Crippen molar-refractivity contribution in [3.8, 4) is 5.75 Å². The van der Waals surface area contributed by atoms with Crippen LogP contribution < -0.4 is 15.7 Å². The maximum absolute atomic E-state index is 11.5. The number of nitrogens with one attached hydrogen (secondary N) is 2. The van der Waals surface area contributed by atoms with Gasteiger partial charge in [-0.3, -0.25) is 4.98 Å². The van der Waals surface area contributed by atoms with E-state index in [1.54, 1.807) is 7.11 Å². The maximum atomic E-state index is 11.5. The SMILES string of the molecule is CCCn1nc(CNc2ccc(OC)cc2)[nH]c1=O. The van der Waals surface area contributed by atoms with Gasteiger partial charge in [-0.2, -0.15) is 5.10 Å². The number of H-pyrrole nitrogens is 1. The molecule has 0 aliphatic rings. The average molecular weight is 262 g/mol. The summed E-state index contributed by atoms with van der Waals surface area (Å²) in [6.07, 6.45) is 0.885. The molecule has 0 atom stereocenters. The summed E-state index contributed by atoms with van der Waals surface area (Å²) in [7, 11) is 1.63. The number of ether oxygens (including phenoxy) is 1. The number of nitrogens with zero attached hydrogens (tertiary/aromatic N) is 2. The maximum Gasteiger partial charge on any atom is 0.343 e. The minimum Gasteiger partial charge on any atom is -0.497 e. The molecule has 0 unspecified atom stereocenters. The van der Waals surface area contributed by atoms with Crippen LogP contribution in [0.1, 0.15) is 19.2 Å². The Labute approximate surface area is 111 Å². The summed E-state index contributed by atoms with van der Waals surface area (Å²) in [5.41, 5.74) is 0.792. The van der Waals surface area contributed by atoms with Crippen LogP contribution in [-0.2, 0) is 13.1 Å². The van der Waals surface area contributed by atoms with Gasteiger partial charge in [-0.25, -0.2) is 9.48 Å². The Morgan fingerprint density at radius 3 is 2.74 bits per heavy atom. The molecule has 1 aromatic carbocycles. The summed E-state index contributed by atoms with van der Waals surface area (Å²) >= 11 is 0. The molecule has 0 spiro atoms. The minimum atomic E-state index is -0.159. The molecule has 1 aromatic heterocycles. The van der Waals surface area contributed by atoms with Crippen LogP contribution in [0.3, 0.4) is 0 Å². The molecule has 2 rings (SSSR count). The third kappa shape index (κ3) is 3.37. The summed E-state index contributed by atoms with van der Waals surface area (Å²) in [5, 5.41) is 7.40. The standard InChI is InChI=1S/C13H18N4O2/c1-3-8-17-13(18)15-12(16-17)9-14-10-4-6-11(19-2)7-5-10/h4-7,14H,3,8-9H2,1-2H3,(H,15,16,18). The van der Waals surface area contributed by atoms with Crippen molar-refractivity contribution >= 4 is 5.69 Å². The smallest absolute Gasteiger partial charge is 0.343 e. The number of aromatic amines is 1. The lowest BCUT2D eigenvalue weighted by molar-refractivity contribution is 0.415. The third-order valence-electron chi connectivity index (χ3n) is 2.71. The molecule has 0 bridgehead atoms. The van der Waals surface area contributed by atoms with E-state index in [9.17, 15) is 4.79 Å². The zero-order valence-electron chi connectivity index (χ0n) is 11.1. The zero-order valence-corrected chi connectivity index (χ0v) is 11.1. The van der Waals surface area contributed by atoms with Gasteiger partial charge in [-0.05, 0) is 30.7 Å². The predicted molar refractivity (Wildman–Crippen MR) is 73.5 cm³/mol. The van der Waals surface area contributed by atoms with Crippen LogP contribution in [0, 0.1) is 0 Å². The molecule has 0 fully saturated rings. The van der Waals surface area contributed by atoms with Gasteiger partial charge in [-0.1, -0.05) is 6.92 Å². The lowest BCUT2D eigenvalue weighted by Gasteiger charge is -2.05. The number of anilines is 1. The van der Waals surface area contributed by atoms with Crippen molar-refractivity contribution in [2.75, 3.05) is 12.4 Å². The number of hydrogen-bond acceptors (Lipinski definition) is 4. The fraction of sp³-hybridized carbons (Fsp3) is 0.385. The highest BCUT2D eigenvalue weighted by Gasteiger charge is 2.03. The van der Waals surface area contributed by atoms with Crippen LogP contribution in [0.2, 0.25) is 0 Å². The average Bonchev–Trinajstić information content (AvgIpc) is 2.78. The van der Waals surface area contributed by atoms with E-state index < -0.39 is 0 Å². The van der Waals surface area contributed by atoms with Crippen LogP contribution in [0.15, 0.2) is 29.1 Å². The second-order valence-electron chi connectivity index (χ2n) is 4.18. The van der Waals surface area contributed by atoms with Crippen molar-refractivity contribution in [2.45, 2.75) is 26.4 Å². The Hall–Kier alpha value is -2.24. The summed E-state index contributed by atoms with van der Waals surface area (Å²) in [6.45, 7) is 3.13. The Kier molecular flexibility index (Phi) is 4.22. The zero-order chi connectivity index (χ0) is 13.7. The van der Waals surface area contributed by atoms with Gasteiger partial charge < -0.3 is 10.1 Å². The first-order valence-corrected chi connectivity index (χ1v) is 6.27. The van der Waals surface area contributed by atoms with E-state index in [4.69, 9.17) is 4.74 Å². The molecule has 2 N–H and O–H groups in total. The highest BCUT2D eigenvalue weighted by atomic mass is 16.5. The van der Waals surface area contributed by atoms with Crippen LogP contribution in [0.4, 0.5) is 5.69 Å². The second kappa shape index (κ2) is 6.08. The molecule has 0 saturated heterocycles. The monoisotopic (exact) mass is 262 g/mol. The predicted octanol–water partition coefficient (Wildman–Crippen LogP) is 1.60. The molecule has 0 amide bonds. The number of aromatic nitrogens is 3. The molecule has 2 aromatic rings. The summed E-state index contributed by atoms with van der Waals surface area (Å²) < 4.78 is 6.54. The number of benzene rings is 1. The number of methoxy groups -OCH3 is 1. The molecule has 102 valence electrons. The van der Waals surface area contributed by atoms with Crippen molar-refractivity contribution < 1.29 is 4.74 Å². The molecule has 0 saturated carbocycles. The molecule has 0 aliphatic carbocycles. The first kappa shape index (κ1) is 13.2. The van der Waals surface area contributed by atoms with Gasteiger partial charge >= 0.3 is 5.69 Å². The van der Waals surface area contributed by atoms with Crippen molar-refractivity contribution in [3.63, 3.8) is 0 Å². The first-order chi connectivity index (χ1) is 9.22. The number of rotatable bonds is 6. The molecule has 0 aliphatic heterocycles. The van der Waals surface area contributed by atoms with E-state index in [0.717, 1.165) is 17.9 Å². The van der Waals surface area contributed by atoms with Gasteiger partial charge in [0.2, 0.25) is 0 Å². The summed E-state index contributed by atoms with van der Waals surface area (Å²) in [5.74, 6) is 1.44. The largest absolute Gasteiger partial charge is 0.497 e. The Morgan fingerprint density at radius 1 is 1.37 bits per heavy atom. The van der Waals surface area contributed by atoms with E-state index in [-0.39, 0.29) is 5.69 Å². The van der Waals surface area contributed by atoms with Gasteiger partial charge in [0.25, 0.3) is 0 Å². The van der Waals surface area contributed by atoms with Crippen molar-refractivity contribution in [1.82, 2.24) is 14.8 Å². The van der Waals surface area contributed by atoms with Crippen molar-refractivity contribution in [2.24, 2.45) is 0 Å². The fourth-order valence-corrected chi connectivity index (χ4v) is 1.74. The Morgan fingerprint density at radius 2 is 2.11 bits per heavy atom. The second-order valence-corrected chi connectivity index (χ2v) is 4.18. The normalized spacial score (nSPS) is 10.4. The highest BCUT2D eigenvalue weighted by Crippen LogP contribution is 2.15. The summed E-state index contributed by atoms with van der Waals surface area (Å²) in [4.78, 5) is 14.3. The van der Waals surface area contributed by atoms with Crippen LogP contribution in [-0.4, -0.2) is 21.9 Å². The molecule has 0 radical (unpaired) electrons. The molecule has 1 heterocycles. The van der Waals surface area contributed by atoms with Gasteiger partial charge in [0.05, 0.1) is 13.7 Å². The highest BCUT2D eigenvalue weighted by molar-refractivity contribution is 5.46. The van der Waals surface area contributed by atoms with E-state index in [2.05, 4.69) is 15.4 Å². The number of aryl methyl sites for hydroxylation is 1.